The van der Waals surface area contributed by atoms with Gasteiger partial charge in [0.2, 0.25) is 5.75 Å². The Balaban J connectivity index is 1.59. The molecule has 0 atom stereocenters. The molecular weight excluding hydrogens is 495 g/mol. The van der Waals surface area contributed by atoms with E-state index in [-0.39, 0.29) is 56.5 Å². The lowest BCUT2D eigenvalue weighted by molar-refractivity contribution is 0.0941. The first-order valence-corrected chi connectivity index (χ1v) is 13.0. The van der Waals surface area contributed by atoms with Crippen LogP contribution in [0.25, 0.3) is 5.69 Å². The Kier molecular flexibility index (Phi) is 7.45. The third kappa shape index (κ3) is 5.60. The molecule has 0 saturated carbocycles. The van der Waals surface area contributed by atoms with E-state index in [1.807, 2.05) is 0 Å². The highest BCUT2D eigenvalue weighted by Gasteiger charge is 2.23. The highest BCUT2D eigenvalue weighted by molar-refractivity contribution is 7.91. The molecule has 1 amide bonds. The molecule has 0 fully saturated rings. The molecule has 1 aromatic carbocycles. The molecule has 14 heteroatoms. The zero-order valence-electron chi connectivity index (χ0n) is 19.5. The van der Waals surface area contributed by atoms with Crippen LogP contribution in [-0.2, 0) is 34.1 Å². The van der Waals surface area contributed by atoms with Gasteiger partial charge in [-0.2, -0.15) is 5.10 Å². The Morgan fingerprint density at radius 1 is 1.28 bits per heavy atom. The monoisotopic (exact) mass is 520 g/mol. The van der Waals surface area contributed by atoms with Crippen molar-refractivity contribution in [1.82, 2.24) is 29.6 Å². The minimum absolute atomic E-state index is 0.0171. The van der Waals surface area contributed by atoms with Gasteiger partial charge in [0.25, 0.3) is 11.5 Å². The third-order valence-corrected chi connectivity index (χ3v) is 7.42. The number of aromatic nitrogens is 5. The number of hydrogen-bond donors (Lipinski definition) is 2. The molecule has 3 aromatic rings. The van der Waals surface area contributed by atoms with E-state index in [0.29, 0.717) is 17.1 Å². The highest BCUT2D eigenvalue weighted by atomic mass is 32.2. The minimum atomic E-state index is -3.33. The van der Waals surface area contributed by atoms with Gasteiger partial charge in [0.1, 0.15) is 23.8 Å². The highest BCUT2D eigenvalue weighted by Crippen LogP contribution is 2.18. The molecule has 4 rings (SSSR count). The number of aryl methyl sites for hydroxylation is 1. The maximum atomic E-state index is 13.9. The molecule has 3 heterocycles. The molecule has 1 aliphatic heterocycles. The Morgan fingerprint density at radius 2 is 2.08 bits per heavy atom. The van der Waals surface area contributed by atoms with Crippen molar-refractivity contribution < 1.29 is 27.4 Å². The number of rotatable bonds is 4. The van der Waals surface area contributed by atoms with Crippen molar-refractivity contribution in [2.24, 2.45) is 0 Å². The number of ether oxygens (including phenoxy) is 1. The number of nitrogens with zero attached hydrogens (tertiary/aromatic N) is 5. The van der Waals surface area contributed by atoms with Crippen LogP contribution in [0.5, 0.6) is 5.75 Å². The second kappa shape index (κ2) is 10.5. The molecule has 192 valence electrons. The number of carbonyl (C=O) groups is 1. The summed E-state index contributed by atoms with van der Waals surface area (Å²) in [6.07, 6.45) is 1.61. The van der Waals surface area contributed by atoms with Crippen LogP contribution in [-0.4, -0.2) is 68.5 Å². The predicted molar refractivity (Wildman–Crippen MR) is 125 cm³/mol. The van der Waals surface area contributed by atoms with Gasteiger partial charge in [-0.05, 0) is 31.0 Å². The van der Waals surface area contributed by atoms with E-state index >= 15 is 0 Å². The molecule has 0 unspecified atom stereocenters. The Labute approximate surface area is 205 Å². The summed E-state index contributed by atoms with van der Waals surface area (Å²) in [6.45, 7) is 1.74. The molecule has 1 aliphatic rings. The summed E-state index contributed by atoms with van der Waals surface area (Å²) in [5, 5.41) is 17.1. The standard InChI is InChI=1S/C22H25FN6O6S/c1-14-25-13-26-29(14)17-11-16(23)4-3-15(17)12-24-21(31)19-20(30)22(32)28-6-2-9-36(33,34)10-8-35-7-5-18(28)27-19/h3-4,11,13,30H,2,5-10,12H2,1H3,(H,24,31). The molecule has 0 spiro atoms. The van der Waals surface area contributed by atoms with Crippen LogP contribution in [0.2, 0.25) is 0 Å². The molecule has 2 aromatic heterocycles. The molecule has 36 heavy (non-hydrogen) atoms. The van der Waals surface area contributed by atoms with Gasteiger partial charge in [-0.3, -0.25) is 14.2 Å². The number of halogens is 1. The minimum Gasteiger partial charge on any atom is -0.501 e. The fourth-order valence-corrected chi connectivity index (χ4v) is 4.99. The summed E-state index contributed by atoms with van der Waals surface area (Å²) >= 11 is 0. The van der Waals surface area contributed by atoms with Crippen molar-refractivity contribution in [2.45, 2.75) is 32.9 Å². The number of amides is 1. The van der Waals surface area contributed by atoms with Crippen LogP contribution in [0.3, 0.4) is 0 Å². The van der Waals surface area contributed by atoms with Crippen LogP contribution >= 0.6 is 0 Å². The number of carbonyl (C=O) groups excluding carboxylic acids is 1. The zero-order chi connectivity index (χ0) is 25.9. The summed E-state index contributed by atoms with van der Waals surface area (Å²) in [5.41, 5.74) is -0.424. The fourth-order valence-electron chi connectivity index (χ4n) is 3.84. The van der Waals surface area contributed by atoms with Crippen molar-refractivity contribution in [3.63, 3.8) is 0 Å². The van der Waals surface area contributed by atoms with Crippen molar-refractivity contribution in [1.29, 1.82) is 0 Å². The van der Waals surface area contributed by atoms with E-state index in [1.165, 1.54) is 33.8 Å². The van der Waals surface area contributed by atoms with Crippen molar-refractivity contribution in [3.05, 3.63) is 63.6 Å². The number of hydrogen-bond acceptors (Lipinski definition) is 9. The second-order valence-electron chi connectivity index (χ2n) is 8.22. The summed E-state index contributed by atoms with van der Waals surface area (Å²) in [4.78, 5) is 34.0. The summed E-state index contributed by atoms with van der Waals surface area (Å²) in [6, 6.07) is 3.97. The van der Waals surface area contributed by atoms with Gasteiger partial charge in [-0.15, -0.1) is 0 Å². The quantitative estimate of drug-likeness (QED) is 0.493. The number of nitrogens with one attached hydrogen (secondary N) is 1. The normalized spacial score (nSPS) is 16.1. The maximum Gasteiger partial charge on any atom is 0.296 e. The predicted octanol–water partition coefficient (Wildman–Crippen LogP) is 0.285. The molecule has 0 bridgehead atoms. The molecule has 2 N–H and O–H groups in total. The molecule has 0 radical (unpaired) electrons. The average molecular weight is 521 g/mol. The number of aromatic hydroxyl groups is 1. The number of fused-ring (bicyclic) bond motifs is 1. The van der Waals surface area contributed by atoms with E-state index in [2.05, 4.69) is 20.4 Å². The average Bonchev–Trinajstić information content (AvgIpc) is 3.25. The van der Waals surface area contributed by atoms with E-state index in [4.69, 9.17) is 4.74 Å². The van der Waals surface area contributed by atoms with E-state index in [0.717, 1.165) is 0 Å². The first-order chi connectivity index (χ1) is 17.2. The van der Waals surface area contributed by atoms with Crippen LogP contribution in [0.4, 0.5) is 4.39 Å². The van der Waals surface area contributed by atoms with Gasteiger partial charge in [-0.1, -0.05) is 6.07 Å². The van der Waals surface area contributed by atoms with Crippen LogP contribution in [0.1, 0.15) is 34.1 Å². The Hall–Kier alpha value is -3.65. The lowest BCUT2D eigenvalue weighted by Crippen LogP contribution is -2.32. The third-order valence-electron chi connectivity index (χ3n) is 5.72. The van der Waals surface area contributed by atoms with Crippen LogP contribution < -0.4 is 10.9 Å². The smallest absolute Gasteiger partial charge is 0.296 e. The Bertz CT molecular complexity index is 1450. The van der Waals surface area contributed by atoms with Crippen molar-refractivity contribution in [2.75, 3.05) is 24.7 Å². The topological polar surface area (TPSA) is 158 Å². The second-order valence-corrected chi connectivity index (χ2v) is 10.5. The van der Waals surface area contributed by atoms with E-state index < -0.39 is 38.6 Å². The largest absolute Gasteiger partial charge is 0.501 e. The van der Waals surface area contributed by atoms with Crippen molar-refractivity contribution in [3.8, 4) is 11.4 Å². The Morgan fingerprint density at radius 3 is 2.83 bits per heavy atom. The molecular formula is C22H25FN6O6S. The summed E-state index contributed by atoms with van der Waals surface area (Å²) in [5.74, 6) is -1.71. The van der Waals surface area contributed by atoms with Gasteiger partial charge in [0.05, 0.1) is 30.4 Å². The SMILES string of the molecule is Cc1ncnn1-c1cc(F)ccc1CNC(=O)c1nc2n(c(=O)c1O)CCCS(=O)(=O)CCOCC2. The van der Waals surface area contributed by atoms with Gasteiger partial charge in [0.15, 0.2) is 15.5 Å². The summed E-state index contributed by atoms with van der Waals surface area (Å²) in [7, 11) is -3.33. The number of benzene rings is 1. The van der Waals surface area contributed by atoms with Gasteiger partial charge in [-0.25, -0.2) is 27.5 Å². The molecule has 0 aliphatic carbocycles. The fraction of sp³-hybridized carbons (Fsp3) is 0.409. The molecule has 0 saturated heterocycles. The lowest BCUT2D eigenvalue weighted by Gasteiger charge is -2.15. The van der Waals surface area contributed by atoms with E-state index in [9.17, 15) is 27.5 Å². The van der Waals surface area contributed by atoms with Gasteiger partial charge in [0, 0.05) is 19.5 Å². The zero-order valence-corrected chi connectivity index (χ0v) is 20.3. The van der Waals surface area contributed by atoms with Gasteiger partial charge < -0.3 is 15.2 Å². The lowest BCUT2D eigenvalue weighted by atomic mass is 10.1. The van der Waals surface area contributed by atoms with Gasteiger partial charge >= 0.3 is 0 Å². The number of sulfone groups is 1. The molecule has 12 nitrogen and oxygen atoms in total. The van der Waals surface area contributed by atoms with Crippen molar-refractivity contribution >= 4 is 15.7 Å². The first kappa shape index (κ1) is 25.4. The first-order valence-electron chi connectivity index (χ1n) is 11.2. The van der Waals surface area contributed by atoms with E-state index in [1.54, 1.807) is 6.92 Å². The van der Waals surface area contributed by atoms with Crippen LogP contribution in [0.15, 0.2) is 29.3 Å². The summed E-state index contributed by atoms with van der Waals surface area (Å²) < 4.78 is 45.9. The van der Waals surface area contributed by atoms with Crippen LogP contribution in [0, 0.1) is 12.7 Å². The maximum absolute atomic E-state index is 13.9.